The molecule has 0 aliphatic rings. The summed E-state index contributed by atoms with van der Waals surface area (Å²) in [6, 6.07) is 27.2. The molecule has 0 bridgehead atoms. The Morgan fingerprint density at radius 3 is 2.30 bits per heavy atom. The van der Waals surface area contributed by atoms with Crippen molar-refractivity contribution >= 4 is 32.6 Å². The first-order valence-electron chi connectivity index (χ1n) is 8.67. The molecule has 0 saturated heterocycles. The van der Waals surface area contributed by atoms with Gasteiger partial charge >= 0.3 is 0 Å². The van der Waals surface area contributed by atoms with Gasteiger partial charge in [0.15, 0.2) is 11.7 Å². The van der Waals surface area contributed by atoms with Crippen LogP contribution < -0.4 is 9.64 Å². The summed E-state index contributed by atoms with van der Waals surface area (Å²) in [5.74, 6) is 0.552. The molecule has 1 heterocycles. The highest BCUT2D eigenvalue weighted by molar-refractivity contribution is 7.22. The zero-order valence-corrected chi connectivity index (χ0v) is 15.4. The summed E-state index contributed by atoms with van der Waals surface area (Å²) in [6.07, 6.45) is 0. The van der Waals surface area contributed by atoms with E-state index in [0.29, 0.717) is 17.4 Å². The fourth-order valence-corrected chi connectivity index (χ4v) is 3.73. The average Bonchev–Trinajstić information content (AvgIpc) is 3.15. The Bertz CT molecular complexity index is 999. The molecule has 0 saturated carbocycles. The minimum atomic E-state index is -0.123. The number of fused-ring (bicyclic) bond motifs is 1. The van der Waals surface area contributed by atoms with E-state index in [1.54, 1.807) is 4.90 Å². The molecule has 134 valence electrons. The molecule has 0 unspecified atom stereocenters. The number of nitrogens with zero attached hydrogens (tertiary/aromatic N) is 2. The van der Waals surface area contributed by atoms with Gasteiger partial charge in [0.2, 0.25) is 0 Å². The predicted octanol–water partition coefficient (Wildman–Crippen LogP) is 4.91. The Hall–Kier alpha value is -3.18. The van der Waals surface area contributed by atoms with E-state index in [4.69, 9.17) is 4.74 Å². The topological polar surface area (TPSA) is 42.4 Å². The summed E-state index contributed by atoms with van der Waals surface area (Å²) in [6.45, 7) is 0.421. The van der Waals surface area contributed by atoms with Gasteiger partial charge in [0.05, 0.1) is 16.8 Å². The lowest BCUT2D eigenvalue weighted by Gasteiger charge is -2.20. The van der Waals surface area contributed by atoms with Crippen LogP contribution >= 0.6 is 11.3 Å². The van der Waals surface area contributed by atoms with Crippen LogP contribution in [0.15, 0.2) is 84.9 Å². The van der Waals surface area contributed by atoms with E-state index in [0.717, 1.165) is 15.8 Å². The maximum atomic E-state index is 13.0. The van der Waals surface area contributed by atoms with Crippen LogP contribution in [0.1, 0.15) is 5.56 Å². The molecule has 0 radical (unpaired) electrons. The summed E-state index contributed by atoms with van der Waals surface area (Å²) < 4.78 is 6.73. The highest BCUT2D eigenvalue weighted by atomic mass is 32.1. The number of amides is 1. The number of anilines is 1. The summed E-state index contributed by atoms with van der Waals surface area (Å²) in [5.41, 5.74) is 1.94. The number of hydrogen-bond acceptors (Lipinski definition) is 4. The van der Waals surface area contributed by atoms with Crippen molar-refractivity contribution < 1.29 is 9.53 Å². The highest BCUT2D eigenvalue weighted by Crippen LogP contribution is 2.29. The highest BCUT2D eigenvalue weighted by Gasteiger charge is 2.20. The molecule has 0 N–H and O–H groups in total. The molecule has 0 fully saturated rings. The molecule has 0 atom stereocenters. The lowest BCUT2D eigenvalue weighted by molar-refractivity contribution is -0.120. The van der Waals surface area contributed by atoms with Crippen LogP contribution in [0, 0.1) is 0 Å². The van der Waals surface area contributed by atoms with Gasteiger partial charge in [-0.1, -0.05) is 72.0 Å². The number of aromatic nitrogens is 1. The third-order valence-electron chi connectivity index (χ3n) is 4.10. The second-order valence-electron chi connectivity index (χ2n) is 6.03. The van der Waals surface area contributed by atoms with E-state index < -0.39 is 0 Å². The SMILES string of the molecule is O=C(COc1ccccc1)N(Cc1ccccc1)c1nc2ccccc2s1. The van der Waals surface area contributed by atoms with Crippen molar-refractivity contribution in [3.8, 4) is 5.75 Å². The molecule has 5 heteroatoms. The van der Waals surface area contributed by atoms with E-state index in [1.807, 2.05) is 84.9 Å². The summed E-state index contributed by atoms with van der Waals surface area (Å²) in [7, 11) is 0. The monoisotopic (exact) mass is 374 g/mol. The fourth-order valence-electron chi connectivity index (χ4n) is 2.74. The van der Waals surface area contributed by atoms with Gasteiger partial charge in [0, 0.05) is 0 Å². The predicted molar refractivity (Wildman–Crippen MR) is 109 cm³/mol. The van der Waals surface area contributed by atoms with Crippen LogP contribution in [-0.4, -0.2) is 17.5 Å². The van der Waals surface area contributed by atoms with Crippen molar-refractivity contribution in [3.05, 3.63) is 90.5 Å². The molecule has 0 aliphatic heterocycles. The van der Waals surface area contributed by atoms with Gasteiger partial charge in [-0.3, -0.25) is 9.69 Å². The average molecular weight is 374 g/mol. The van der Waals surface area contributed by atoms with E-state index in [1.165, 1.54) is 11.3 Å². The van der Waals surface area contributed by atoms with Crippen molar-refractivity contribution in [1.29, 1.82) is 0 Å². The lowest BCUT2D eigenvalue weighted by Crippen LogP contribution is -2.34. The molecule has 4 nitrogen and oxygen atoms in total. The molecule has 1 amide bonds. The Morgan fingerprint density at radius 1 is 0.889 bits per heavy atom. The molecule has 0 aliphatic carbocycles. The first kappa shape index (κ1) is 17.2. The quantitative estimate of drug-likeness (QED) is 0.482. The molecular formula is C22H18N2O2S. The number of hydrogen-bond donors (Lipinski definition) is 0. The number of benzene rings is 3. The second-order valence-corrected chi connectivity index (χ2v) is 7.04. The van der Waals surface area contributed by atoms with Crippen LogP contribution in [0.4, 0.5) is 5.13 Å². The number of thiazole rings is 1. The first-order chi connectivity index (χ1) is 13.3. The smallest absolute Gasteiger partial charge is 0.267 e. The van der Waals surface area contributed by atoms with E-state index >= 15 is 0 Å². The molecule has 3 aromatic carbocycles. The molecule has 1 aromatic heterocycles. The van der Waals surface area contributed by atoms with Gasteiger partial charge in [-0.2, -0.15) is 0 Å². The van der Waals surface area contributed by atoms with Crippen LogP contribution in [0.3, 0.4) is 0 Å². The van der Waals surface area contributed by atoms with Crippen molar-refractivity contribution in [1.82, 2.24) is 4.98 Å². The van der Waals surface area contributed by atoms with Crippen molar-refractivity contribution in [2.24, 2.45) is 0 Å². The fraction of sp³-hybridized carbons (Fsp3) is 0.0909. The van der Waals surface area contributed by atoms with E-state index in [2.05, 4.69) is 4.98 Å². The van der Waals surface area contributed by atoms with Gasteiger partial charge in [0.25, 0.3) is 5.91 Å². The normalized spacial score (nSPS) is 10.7. The van der Waals surface area contributed by atoms with Gasteiger partial charge in [-0.15, -0.1) is 0 Å². The first-order valence-corrected chi connectivity index (χ1v) is 9.49. The third kappa shape index (κ3) is 4.15. The standard InChI is InChI=1S/C22H18N2O2S/c25-21(16-26-18-11-5-2-6-12-18)24(15-17-9-3-1-4-10-17)22-23-19-13-7-8-14-20(19)27-22/h1-14H,15-16H2. The van der Waals surface area contributed by atoms with Crippen molar-refractivity contribution in [2.45, 2.75) is 6.54 Å². The molecule has 4 aromatic rings. The number of carbonyl (C=O) groups excluding carboxylic acids is 1. The number of rotatable bonds is 6. The Balaban J connectivity index is 1.59. The van der Waals surface area contributed by atoms with E-state index in [-0.39, 0.29) is 12.5 Å². The van der Waals surface area contributed by atoms with Crippen LogP contribution in [0.2, 0.25) is 0 Å². The van der Waals surface area contributed by atoms with E-state index in [9.17, 15) is 4.79 Å². The molecule has 0 spiro atoms. The van der Waals surface area contributed by atoms with Crippen LogP contribution in [0.25, 0.3) is 10.2 Å². The minimum absolute atomic E-state index is 0.0349. The number of carbonyl (C=O) groups is 1. The van der Waals surface area contributed by atoms with Gasteiger partial charge in [-0.05, 0) is 29.8 Å². The number of ether oxygens (including phenoxy) is 1. The van der Waals surface area contributed by atoms with Crippen molar-refractivity contribution in [3.63, 3.8) is 0 Å². The van der Waals surface area contributed by atoms with Gasteiger partial charge in [0.1, 0.15) is 5.75 Å². The third-order valence-corrected chi connectivity index (χ3v) is 5.16. The maximum absolute atomic E-state index is 13.0. The Labute approximate surface area is 161 Å². The summed E-state index contributed by atoms with van der Waals surface area (Å²) in [5, 5.41) is 0.682. The maximum Gasteiger partial charge on any atom is 0.267 e. The molecule has 4 rings (SSSR count). The second kappa shape index (κ2) is 8.01. The van der Waals surface area contributed by atoms with Gasteiger partial charge < -0.3 is 4.74 Å². The summed E-state index contributed by atoms with van der Waals surface area (Å²) >= 11 is 1.51. The Kier molecular flexibility index (Phi) is 5.12. The Morgan fingerprint density at radius 2 is 1.56 bits per heavy atom. The molecule has 27 heavy (non-hydrogen) atoms. The minimum Gasteiger partial charge on any atom is -0.484 e. The van der Waals surface area contributed by atoms with Crippen LogP contribution in [0.5, 0.6) is 5.75 Å². The zero-order valence-electron chi connectivity index (χ0n) is 14.6. The van der Waals surface area contributed by atoms with Crippen molar-refractivity contribution in [2.75, 3.05) is 11.5 Å². The number of para-hydroxylation sites is 2. The molecular weight excluding hydrogens is 356 g/mol. The van der Waals surface area contributed by atoms with Gasteiger partial charge in [-0.25, -0.2) is 4.98 Å². The summed E-state index contributed by atoms with van der Waals surface area (Å²) in [4.78, 5) is 19.3. The lowest BCUT2D eigenvalue weighted by atomic mass is 10.2. The zero-order chi connectivity index (χ0) is 18.5. The largest absolute Gasteiger partial charge is 0.484 e. The van der Waals surface area contributed by atoms with Crippen LogP contribution in [-0.2, 0) is 11.3 Å².